The standard InChI is InChI=1S/C29H30Cl2N2O5/c1-17-10-19(27(34)35)12-20(11-17)36-16-28-4-7-29(8-5-28,9-6-28)37-15-21-25(33-38-26(21)18-2-3-18)24-22(30)13-32-14-23(24)31/h10-14,18H,2-9,15-16H2,1H3,(H,34,35). The summed E-state index contributed by atoms with van der Waals surface area (Å²) in [5.41, 5.74) is 3.28. The molecule has 2 aromatic heterocycles. The van der Waals surface area contributed by atoms with Gasteiger partial charge in [0.05, 0.1) is 34.4 Å². The average Bonchev–Trinajstić information content (AvgIpc) is 3.67. The minimum absolute atomic E-state index is 0.0951. The monoisotopic (exact) mass is 556 g/mol. The lowest BCUT2D eigenvalue weighted by molar-refractivity contribution is -0.150. The van der Waals surface area contributed by atoms with Crippen LogP contribution in [0.3, 0.4) is 0 Å². The third-order valence-corrected chi connectivity index (χ3v) is 9.13. The number of hydrogen-bond donors (Lipinski definition) is 1. The number of aryl methyl sites for hydroxylation is 1. The average molecular weight is 557 g/mol. The maximum absolute atomic E-state index is 11.4. The second-order valence-electron chi connectivity index (χ2n) is 11.2. The van der Waals surface area contributed by atoms with E-state index in [-0.39, 0.29) is 16.6 Å². The van der Waals surface area contributed by atoms with E-state index < -0.39 is 5.97 Å². The Labute approximate surface area is 231 Å². The molecular formula is C29H30Cl2N2O5. The molecule has 4 aliphatic rings. The zero-order chi connectivity index (χ0) is 26.5. The van der Waals surface area contributed by atoms with Crippen LogP contribution >= 0.6 is 23.2 Å². The van der Waals surface area contributed by atoms with Gasteiger partial charge in [0, 0.05) is 34.9 Å². The molecule has 0 aliphatic heterocycles. The zero-order valence-corrected chi connectivity index (χ0v) is 22.8. The largest absolute Gasteiger partial charge is 0.493 e. The molecule has 4 fully saturated rings. The molecule has 200 valence electrons. The molecular weight excluding hydrogens is 527 g/mol. The molecule has 0 amide bonds. The molecule has 38 heavy (non-hydrogen) atoms. The summed E-state index contributed by atoms with van der Waals surface area (Å²) in [6.07, 6.45) is 11.2. The number of ether oxygens (including phenoxy) is 2. The number of hydrogen-bond acceptors (Lipinski definition) is 6. The first-order valence-electron chi connectivity index (χ1n) is 13.2. The predicted octanol–water partition coefficient (Wildman–Crippen LogP) is 7.62. The molecule has 7 rings (SSSR count). The molecule has 7 nitrogen and oxygen atoms in total. The lowest BCUT2D eigenvalue weighted by atomic mass is 9.59. The number of carboxylic acids is 1. The van der Waals surface area contributed by atoms with E-state index in [1.165, 1.54) is 0 Å². The summed E-state index contributed by atoms with van der Waals surface area (Å²) in [6.45, 7) is 2.88. The van der Waals surface area contributed by atoms with Gasteiger partial charge in [0.1, 0.15) is 17.2 Å². The zero-order valence-electron chi connectivity index (χ0n) is 21.3. The molecule has 0 spiro atoms. The number of pyridine rings is 1. The fourth-order valence-corrected chi connectivity index (χ4v) is 6.58. The van der Waals surface area contributed by atoms with Crippen molar-refractivity contribution >= 4 is 29.2 Å². The first-order valence-corrected chi connectivity index (χ1v) is 13.9. The lowest BCUT2D eigenvalue weighted by Crippen LogP contribution is -2.49. The third kappa shape index (κ3) is 4.92. The van der Waals surface area contributed by atoms with E-state index >= 15 is 0 Å². The van der Waals surface area contributed by atoms with E-state index in [1.54, 1.807) is 24.5 Å². The maximum atomic E-state index is 11.4. The Balaban J connectivity index is 1.14. The number of aromatic nitrogens is 2. The van der Waals surface area contributed by atoms with Gasteiger partial charge < -0.3 is 19.1 Å². The topological polar surface area (TPSA) is 94.7 Å². The molecule has 3 aromatic rings. The van der Waals surface area contributed by atoms with Crippen LogP contribution in [-0.2, 0) is 11.3 Å². The second-order valence-corrected chi connectivity index (χ2v) is 12.0. The number of aromatic carboxylic acids is 1. The minimum atomic E-state index is -0.941. The molecule has 0 saturated heterocycles. The normalized spacial score (nSPS) is 24.5. The fraction of sp³-hybridized carbons (Fsp3) is 0.483. The molecule has 1 aromatic carbocycles. The molecule has 2 bridgehead atoms. The van der Waals surface area contributed by atoms with Crippen LogP contribution in [-0.4, -0.2) is 33.4 Å². The van der Waals surface area contributed by atoms with Gasteiger partial charge in [-0.3, -0.25) is 4.98 Å². The van der Waals surface area contributed by atoms with Crippen molar-refractivity contribution in [1.82, 2.24) is 10.1 Å². The predicted molar refractivity (Wildman–Crippen MR) is 143 cm³/mol. The van der Waals surface area contributed by atoms with Gasteiger partial charge in [0.25, 0.3) is 0 Å². The molecule has 4 aliphatic carbocycles. The van der Waals surface area contributed by atoms with Crippen molar-refractivity contribution in [2.24, 2.45) is 5.41 Å². The maximum Gasteiger partial charge on any atom is 0.335 e. The van der Waals surface area contributed by atoms with Crippen molar-refractivity contribution in [3.05, 3.63) is 63.1 Å². The summed E-state index contributed by atoms with van der Waals surface area (Å²) in [5, 5.41) is 14.6. The molecule has 0 radical (unpaired) electrons. The Morgan fingerprint density at radius 3 is 2.39 bits per heavy atom. The quantitative estimate of drug-likeness (QED) is 0.289. The van der Waals surface area contributed by atoms with Gasteiger partial charge >= 0.3 is 5.97 Å². The molecule has 1 N–H and O–H groups in total. The summed E-state index contributed by atoms with van der Waals surface area (Å²) >= 11 is 12.9. The van der Waals surface area contributed by atoms with Crippen LogP contribution in [0.15, 0.2) is 35.1 Å². The van der Waals surface area contributed by atoms with E-state index in [0.717, 1.165) is 68.3 Å². The highest BCUT2D eigenvalue weighted by molar-refractivity contribution is 6.38. The van der Waals surface area contributed by atoms with Crippen LogP contribution in [0.4, 0.5) is 0 Å². The van der Waals surface area contributed by atoms with Gasteiger partial charge in [0.15, 0.2) is 0 Å². The summed E-state index contributed by atoms with van der Waals surface area (Å²) < 4.78 is 18.7. The van der Waals surface area contributed by atoms with Crippen LogP contribution in [0.5, 0.6) is 5.75 Å². The number of fused-ring (bicyclic) bond motifs is 3. The summed E-state index contributed by atoms with van der Waals surface area (Å²) in [5.74, 6) is 0.936. The van der Waals surface area contributed by atoms with Gasteiger partial charge in [-0.05, 0) is 82.1 Å². The smallest absolute Gasteiger partial charge is 0.335 e. The van der Waals surface area contributed by atoms with Gasteiger partial charge in [0.2, 0.25) is 0 Å². The van der Waals surface area contributed by atoms with Gasteiger partial charge in [-0.2, -0.15) is 0 Å². The SMILES string of the molecule is Cc1cc(OCC23CCC(OCc4c(-c5c(Cl)cncc5Cl)noc4C4CC4)(CC2)CC3)cc(C(=O)O)c1. The van der Waals surface area contributed by atoms with Crippen LogP contribution in [0.2, 0.25) is 10.0 Å². The fourth-order valence-electron chi connectivity index (χ4n) is 6.04. The molecule has 4 saturated carbocycles. The number of nitrogens with zero attached hydrogens (tertiary/aromatic N) is 2. The Bertz CT molecular complexity index is 1340. The highest BCUT2D eigenvalue weighted by Crippen LogP contribution is 2.55. The first-order chi connectivity index (χ1) is 18.3. The van der Waals surface area contributed by atoms with Gasteiger partial charge in [-0.15, -0.1) is 0 Å². The van der Waals surface area contributed by atoms with Crippen LogP contribution < -0.4 is 4.74 Å². The molecule has 2 heterocycles. The Morgan fingerprint density at radius 2 is 1.76 bits per heavy atom. The van der Waals surface area contributed by atoms with Gasteiger partial charge in [-0.1, -0.05) is 28.4 Å². The van der Waals surface area contributed by atoms with E-state index in [4.69, 9.17) is 37.2 Å². The highest BCUT2D eigenvalue weighted by Gasteiger charge is 2.50. The number of rotatable bonds is 9. The molecule has 0 atom stereocenters. The van der Waals surface area contributed by atoms with Crippen molar-refractivity contribution in [1.29, 1.82) is 0 Å². The van der Waals surface area contributed by atoms with Crippen molar-refractivity contribution in [3.63, 3.8) is 0 Å². The van der Waals surface area contributed by atoms with E-state index in [2.05, 4.69) is 10.1 Å². The number of halogens is 2. The first kappa shape index (κ1) is 25.7. The van der Waals surface area contributed by atoms with E-state index in [1.807, 2.05) is 13.0 Å². The molecule has 9 heteroatoms. The lowest BCUT2D eigenvalue weighted by Gasteiger charge is -2.52. The van der Waals surface area contributed by atoms with Crippen molar-refractivity contribution < 1.29 is 23.9 Å². The van der Waals surface area contributed by atoms with Crippen molar-refractivity contribution in [2.75, 3.05) is 6.61 Å². The van der Waals surface area contributed by atoms with Crippen molar-refractivity contribution in [3.8, 4) is 17.0 Å². The summed E-state index contributed by atoms with van der Waals surface area (Å²) in [7, 11) is 0. The molecule has 0 unspecified atom stereocenters. The van der Waals surface area contributed by atoms with E-state index in [9.17, 15) is 9.90 Å². The minimum Gasteiger partial charge on any atom is -0.493 e. The third-order valence-electron chi connectivity index (χ3n) is 8.56. The van der Waals surface area contributed by atoms with Gasteiger partial charge in [-0.25, -0.2) is 4.79 Å². The Hall–Kier alpha value is -2.61. The van der Waals surface area contributed by atoms with E-state index in [0.29, 0.717) is 46.2 Å². The van der Waals surface area contributed by atoms with Crippen LogP contribution in [0, 0.1) is 12.3 Å². The van der Waals surface area contributed by atoms with Crippen LogP contribution in [0.1, 0.15) is 84.5 Å². The second kappa shape index (κ2) is 9.85. The summed E-state index contributed by atoms with van der Waals surface area (Å²) in [6, 6.07) is 5.17. The van der Waals surface area contributed by atoms with Crippen molar-refractivity contribution in [2.45, 2.75) is 76.4 Å². The Kier molecular flexibility index (Phi) is 6.65. The number of carboxylic acid groups (broad SMARTS) is 1. The number of benzene rings is 1. The Morgan fingerprint density at radius 1 is 1.08 bits per heavy atom. The van der Waals surface area contributed by atoms with Crippen LogP contribution in [0.25, 0.3) is 11.3 Å². The summed E-state index contributed by atoms with van der Waals surface area (Å²) in [4.78, 5) is 15.5. The number of carbonyl (C=O) groups is 1. The highest BCUT2D eigenvalue weighted by atomic mass is 35.5.